The van der Waals surface area contributed by atoms with Crippen molar-refractivity contribution in [3.8, 4) is 0 Å². The van der Waals surface area contributed by atoms with Gasteiger partial charge in [0.15, 0.2) is 12.6 Å². The van der Waals surface area contributed by atoms with Gasteiger partial charge < -0.3 is 88.1 Å². The minimum absolute atomic E-state index is 0.0101. The second-order valence-corrected chi connectivity index (χ2v) is 10.3. The van der Waals surface area contributed by atoms with Crippen LogP contribution in [0.25, 0.3) is 0 Å². The first-order chi connectivity index (χ1) is 18.9. The lowest BCUT2D eigenvalue weighted by Gasteiger charge is -2.49. The van der Waals surface area contributed by atoms with E-state index < -0.39 is 110 Å². The van der Waals surface area contributed by atoms with Crippen LogP contribution in [0.5, 0.6) is 0 Å². The summed E-state index contributed by atoms with van der Waals surface area (Å²) in [4.78, 5) is 12.6. The number of carbonyl (C=O) groups is 1. The van der Waals surface area contributed by atoms with Crippen molar-refractivity contribution < 1.29 is 64.6 Å². The number of hydrogen-bond donors (Lipinski definition) is 13. The Morgan fingerprint density at radius 1 is 0.850 bits per heavy atom. The summed E-state index contributed by atoms with van der Waals surface area (Å²) in [7, 11) is 0. The van der Waals surface area contributed by atoms with Crippen molar-refractivity contribution >= 4 is 5.91 Å². The maximum atomic E-state index is 12.6. The van der Waals surface area contributed by atoms with E-state index in [1.54, 1.807) is 0 Å². The molecule has 1 amide bonds. The molecule has 2 saturated heterocycles. The van der Waals surface area contributed by atoms with Gasteiger partial charge in [0.2, 0.25) is 5.91 Å². The maximum absolute atomic E-state index is 12.6. The number of hydrogen-bond acceptors (Lipinski definition) is 17. The first-order valence-corrected chi connectivity index (χ1v) is 13.1. The Morgan fingerprint density at radius 3 is 2.05 bits per heavy atom. The number of nitrogens with two attached hydrogens (primary N) is 4. The Hall–Kier alpha value is -1.17. The maximum Gasteiger partial charge on any atom is 0.249 e. The smallest absolute Gasteiger partial charge is 0.249 e. The van der Waals surface area contributed by atoms with E-state index in [-0.39, 0.29) is 25.9 Å². The summed E-state index contributed by atoms with van der Waals surface area (Å²) >= 11 is 0. The van der Waals surface area contributed by atoms with Crippen molar-refractivity contribution in [2.45, 2.75) is 111 Å². The molecule has 0 aromatic carbocycles. The van der Waals surface area contributed by atoms with Crippen LogP contribution in [0.4, 0.5) is 0 Å². The number of aliphatic hydroxyl groups is 8. The highest BCUT2D eigenvalue weighted by Crippen LogP contribution is 2.32. The van der Waals surface area contributed by atoms with E-state index in [0.717, 1.165) is 0 Å². The summed E-state index contributed by atoms with van der Waals surface area (Å²) < 4.78 is 22.5. The molecule has 16 atom stereocenters. The Morgan fingerprint density at radius 2 is 1.45 bits per heavy atom. The quantitative estimate of drug-likeness (QED) is 0.113. The van der Waals surface area contributed by atoms with Crippen LogP contribution in [0.1, 0.15) is 12.8 Å². The highest BCUT2D eigenvalue weighted by molar-refractivity contribution is 5.80. The van der Waals surface area contributed by atoms with Crippen LogP contribution in [0.15, 0.2) is 0 Å². The van der Waals surface area contributed by atoms with Crippen molar-refractivity contribution in [1.29, 1.82) is 0 Å². The van der Waals surface area contributed by atoms with E-state index >= 15 is 0 Å². The van der Waals surface area contributed by atoms with Gasteiger partial charge in [-0.25, -0.2) is 0 Å². The largest absolute Gasteiger partial charge is 0.394 e. The fraction of sp³-hybridized carbons (Fsp3) is 0.955. The molecule has 2 heterocycles. The highest BCUT2D eigenvalue weighted by atomic mass is 16.7. The van der Waals surface area contributed by atoms with Crippen molar-refractivity contribution in [3.05, 3.63) is 0 Å². The zero-order valence-electron chi connectivity index (χ0n) is 21.7. The lowest BCUT2D eigenvalue weighted by molar-refractivity contribution is -0.332. The molecule has 1 aliphatic carbocycles. The minimum atomic E-state index is -1.76. The summed E-state index contributed by atoms with van der Waals surface area (Å²) in [6.45, 7) is -0.898. The normalized spacial score (nSPS) is 47.0. The van der Waals surface area contributed by atoms with E-state index in [1.165, 1.54) is 0 Å². The summed E-state index contributed by atoms with van der Waals surface area (Å²) in [5.41, 5.74) is 23.1. The van der Waals surface area contributed by atoms with Crippen LogP contribution in [0.3, 0.4) is 0 Å². The molecule has 234 valence electrons. The van der Waals surface area contributed by atoms with Gasteiger partial charge >= 0.3 is 0 Å². The van der Waals surface area contributed by atoms with Crippen molar-refractivity contribution in [2.75, 3.05) is 19.7 Å². The molecule has 17 N–H and O–H groups in total. The molecular formula is C22H43N5O13. The van der Waals surface area contributed by atoms with Crippen LogP contribution >= 0.6 is 0 Å². The zero-order chi connectivity index (χ0) is 29.9. The number of aliphatic hydroxyl groups excluding tert-OH is 8. The summed E-state index contributed by atoms with van der Waals surface area (Å²) in [5, 5.41) is 84.9. The third-order valence-corrected chi connectivity index (χ3v) is 7.51. The summed E-state index contributed by atoms with van der Waals surface area (Å²) in [5.74, 6) is -0.845. The average Bonchev–Trinajstić information content (AvgIpc) is 2.92. The molecule has 2 aliphatic heterocycles. The summed E-state index contributed by atoms with van der Waals surface area (Å²) in [6.07, 6.45) is -19.8. The predicted octanol–water partition coefficient (Wildman–Crippen LogP) is -8.42. The first kappa shape index (κ1) is 33.3. The second-order valence-electron chi connectivity index (χ2n) is 10.3. The van der Waals surface area contributed by atoms with Crippen LogP contribution < -0.4 is 28.3 Å². The summed E-state index contributed by atoms with van der Waals surface area (Å²) in [6, 6.07) is -3.45. The average molecular weight is 586 g/mol. The van der Waals surface area contributed by atoms with Gasteiger partial charge in [0.1, 0.15) is 67.1 Å². The SMILES string of the molecule is NCCC(O)C(=O)N[C@H]1C[C@@H](N)[C@H](O[C@H]2O[C@H](CN)[C@@H](O)[C@H](O)[C@H]2O)[C@@H](O)[C@@H]1O[C@H]1O[C@H](CO)[C@@H](O)[C@H](N)[C@H]1O. The van der Waals surface area contributed by atoms with Crippen LogP contribution in [0, 0.1) is 0 Å². The molecule has 3 aliphatic rings. The molecule has 18 heteroatoms. The topological polar surface area (TPSA) is 332 Å². The predicted molar refractivity (Wildman–Crippen MR) is 131 cm³/mol. The third-order valence-electron chi connectivity index (χ3n) is 7.51. The van der Waals surface area contributed by atoms with Gasteiger partial charge in [-0.3, -0.25) is 4.79 Å². The monoisotopic (exact) mass is 585 g/mol. The molecule has 0 bridgehead atoms. The standard InChI is InChI=1S/C22H43N5O13/c23-2-1-8(29)20(36)27-7-3-6(25)18(39-22-16(34)15(33)13(31)9(4-24)37-22)17(35)19(7)40-21-14(32)11(26)12(30)10(5-28)38-21/h6-19,21-22,28-35H,1-5,23-26H2,(H,27,36)/t6-,7+,8?,9-,10-,11+,12-,13-,14-,15+,16-,17-,18+,19-,21-,22-/m1/s1. The van der Waals surface area contributed by atoms with Gasteiger partial charge in [-0.2, -0.15) is 0 Å². The fourth-order valence-electron chi connectivity index (χ4n) is 5.07. The molecule has 0 aromatic heterocycles. The molecular weight excluding hydrogens is 542 g/mol. The van der Waals surface area contributed by atoms with Gasteiger partial charge in [0, 0.05) is 12.6 Å². The van der Waals surface area contributed by atoms with Crippen LogP contribution in [-0.2, 0) is 23.7 Å². The number of ether oxygens (including phenoxy) is 4. The lowest BCUT2D eigenvalue weighted by atomic mass is 9.83. The van der Waals surface area contributed by atoms with E-state index in [9.17, 15) is 45.6 Å². The molecule has 40 heavy (non-hydrogen) atoms. The highest BCUT2D eigenvalue weighted by Gasteiger charge is 2.52. The molecule has 0 radical (unpaired) electrons. The fourth-order valence-corrected chi connectivity index (χ4v) is 5.07. The Balaban J connectivity index is 1.85. The Kier molecular flexibility index (Phi) is 11.9. The van der Waals surface area contributed by atoms with E-state index in [1.807, 2.05) is 0 Å². The van der Waals surface area contributed by atoms with E-state index in [4.69, 9.17) is 41.9 Å². The number of carbonyl (C=O) groups excluding carboxylic acids is 1. The van der Waals surface area contributed by atoms with Crippen molar-refractivity contribution in [2.24, 2.45) is 22.9 Å². The molecule has 3 fully saturated rings. The first-order valence-electron chi connectivity index (χ1n) is 13.1. The molecule has 0 aromatic rings. The lowest BCUT2D eigenvalue weighted by Crippen LogP contribution is -2.69. The van der Waals surface area contributed by atoms with Gasteiger partial charge in [-0.05, 0) is 19.4 Å². The second kappa shape index (κ2) is 14.3. The van der Waals surface area contributed by atoms with Crippen molar-refractivity contribution in [1.82, 2.24) is 5.32 Å². The molecule has 0 spiro atoms. The molecule has 18 nitrogen and oxygen atoms in total. The van der Waals surface area contributed by atoms with Gasteiger partial charge in [-0.15, -0.1) is 0 Å². The van der Waals surface area contributed by atoms with E-state index in [0.29, 0.717) is 0 Å². The van der Waals surface area contributed by atoms with E-state index in [2.05, 4.69) is 5.32 Å². The van der Waals surface area contributed by atoms with Gasteiger partial charge in [0.05, 0.1) is 18.7 Å². The number of amides is 1. The zero-order valence-corrected chi connectivity index (χ0v) is 21.7. The molecule has 1 saturated carbocycles. The van der Waals surface area contributed by atoms with Crippen LogP contribution in [0.2, 0.25) is 0 Å². The Labute approximate surface area is 229 Å². The third kappa shape index (κ3) is 7.06. The van der Waals surface area contributed by atoms with Crippen molar-refractivity contribution in [3.63, 3.8) is 0 Å². The Bertz CT molecular complexity index is 815. The number of rotatable bonds is 10. The van der Waals surface area contributed by atoms with Gasteiger partial charge in [-0.1, -0.05) is 0 Å². The minimum Gasteiger partial charge on any atom is -0.394 e. The molecule has 3 rings (SSSR count). The number of nitrogens with one attached hydrogen (secondary N) is 1. The van der Waals surface area contributed by atoms with Crippen LogP contribution in [-0.4, -0.2) is 164 Å². The van der Waals surface area contributed by atoms with Gasteiger partial charge in [0.25, 0.3) is 0 Å². The molecule has 1 unspecified atom stereocenters.